The molecule has 1 aromatic carbocycles. The van der Waals surface area contributed by atoms with Crippen LogP contribution in [-0.2, 0) is 17.8 Å². The van der Waals surface area contributed by atoms with E-state index in [1.54, 1.807) is 24.7 Å². The highest BCUT2D eigenvalue weighted by Crippen LogP contribution is 2.25. The Labute approximate surface area is 163 Å². The van der Waals surface area contributed by atoms with Crippen LogP contribution in [0.2, 0.25) is 0 Å². The van der Waals surface area contributed by atoms with Crippen LogP contribution in [0, 0.1) is 5.82 Å². The molecule has 2 heterocycles. The number of nitrogens with one attached hydrogen (secondary N) is 1. The van der Waals surface area contributed by atoms with Crippen molar-refractivity contribution < 1.29 is 19.0 Å². The van der Waals surface area contributed by atoms with Gasteiger partial charge in [0.25, 0.3) is 5.91 Å². The maximum Gasteiger partial charge on any atom is 0.256 e. The summed E-state index contributed by atoms with van der Waals surface area (Å²) in [5.74, 6) is -0.250. The predicted molar refractivity (Wildman–Crippen MR) is 101 cm³/mol. The molecule has 1 atom stereocenters. The summed E-state index contributed by atoms with van der Waals surface area (Å²) in [5, 5.41) is 14.0. The van der Waals surface area contributed by atoms with Crippen molar-refractivity contribution in [3.8, 4) is 5.75 Å². The number of halogens is 1. The molecule has 3 rings (SSSR count). The first-order chi connectivity index (χ1) is 13.5. The van der Waals surface area contributed by atoms with Gasteiger partial charge in [0, 0.05) is 56.8 Å². The lowest BCUT2D eigenvalue weighted by Crippen LogP contribution is -2.57. The number of methoxy groups -OCH3 is 1. The minimum absolute atomic E-state index is 0.101. The van der Waals surface area contributed by atoms with Gasteiger partial charge in [0.05, 0.1) is 12.8 Å². The Morgan fingerprint density at radius 3 is 3.00 bits per heavy atom. The van der Waals surface area contributed by atoms with Gasteiger partial charge in [-0.2, -0.15) is 0 Å². The molecule has 1 saturated heterocycles. The van der Waals surface area contributed by atoms with Gasteiger partial charge < -0.3 is 20.1 Å². The van der Waals surface area contributed by atoms with Gasteiger partial charge in [-0.05, 0) is 31.0 Å². The molecule has 0 saturated carbocycles. The number of rotatable bonds is 8. The number of piperidine rings is 1. The first-order valence-corrected chi connectivity index (χ1v) is 9.31. The molecule has 0 unspecified atom stereocenters. The summed E-state index contributed by atoms with van der Waals surface area (Å²) < 4.78 is 19.2. The van der Waals surface area contributed by atoms with Crippen molar-refractivity contribution in [3.63, 3.8) is 0 Å². The zero-order valence-electron chi connectivity index (χ0n) is 15.9. The third-order valence-electron chi connectivity index (χ3n) is 4.91. The second-order valence-corrected chi connectivity index (χ2v) is 6.94. The normalized spacial score (nSPS) is 19.7. The number of aromatic nitrogens is 2. The van der Waals surface area contributed by atoms with Crippen LogP contribution in [0.4, 0.5) is 4.39 Å². The van der Waals surface area contributed by atoms with E-state index in [9.17, 15) is 14.3 Å². The molecule has 0 radical (unpaired) electrons. The molecule has 1 aliphatic rings. The SMILES string of the molecule is COc1ccc(F)c(CN2CCC[C@](O)(CNCCc3cnccn3)C2=O)c1. The van der Waals surface area contributed by atoms with Crippen molar-refractivity contribution in [1.29, 1.82) is 0 Å². The summed E-state index contributed by atoms with van der Waals surface area (Å²) in [7, 11) is 1.51. The highest BCUT2D eigenvalue weighted by Gasteiger charge is 2.41. The highest BCUT2D eigenvalue weighted by atomic mass is 19.1. The van der Waals surface area contributed by atoms with E-state index in [4.69, 9.17) is 4.74 Å². The Bertz CT molecular complexity index is 805. The number of ether oxygens (including phenoxy) is 1. The van der Waals surface area contributed by atoms with E-state index in [-0.39, 0.29) is 19.0 Å². The molecule has 0 spiro atoms. The number of hydrogen-bond acceptors (Lipinski definition) is 6. The van der Waals surface area contributed by atoms with E-state index in [2.05, 4.69) is 15.3 Å². The Hall–Kier alpha value is -2.58. The standard InChI is InChI=1S/C20H25FN4O3/c1-28-17-3-4-18(21)15(11-17)13-25-10-2-6-20(27,19(25)26)14-23-7-5-16-12-22-8-9-24-16/h3-4,8-9,11-12,23,27H,2,5-7,10,13-14H2,1H3/t20-/m0/s1. The van der Waals surface area contributed by atoms with Crippen molar-refractivity contribution in [3.05, 3.63) is 53.9 Å². The minimum Gasteiger partial charge on any atom is -0.497 e. The maximum absolute atomic E-state index is 14.1. The van der Waals surface area contributed by atoms with Crippen LogP contribution in [0.1, 0.15) is 24.1 Å². The van der Waals surface area contributed by atoms with Crippen LogP contribution in [-0.4, -0.2) is 58.2 Å². The Morgan fingerprint density at radius 1 is 1.39 bits per heavy atom. The molecule has 8 heteroatoms. The molecule has 1 aliphatic heterocycles. The van der Waals surface area contributed by atoms with Crippen molar-refractivity contribution >= 4 is 5.91 Å². The van der Waals surface area contributed by atoms with Gasteiger partial charge in [-0.3, -0.25) is 14.8 Å². The topological polar surface area (TPSA) is 87.6 Å². The molecule has 1 aromatic heterocycles. The minimum atomic E-state index is -1.49. The fourth-order valence-corrected chi connectivity index (χ4v) is 3.36. The molecular weight excluding hydrogens is 363 g/mol. The number of benzene rings is 1. The average molecular weight is 388 g/mol. The number of carbonyl (C=O) groups excluding carboxylic acids is 1. The molecule has 7 nitrogen and oxygen atoms in total. The van der Waals surface area contributed by atoms with Gasteiger partial charge in [-0.1, -0.05) is 0 Å². The van der Waals surface area contributed by atoms with E-state index < -0.39 is 11.4 Å². The fourth-order valence-electron chi connectivity index (χ4n) is 3.36. The zero-order chi connectivity index (χ0) is 20.0. The average Bonchev–Trinajstić information content (AvgIpc) is 2.71. The number of likely N-dealkylation sites (tertiary alicyclic amines) is 1. The lowest BCUT2D eigenvalue weighted by atomic mass is 9.91. The van der Waals surface area contributed by atoms with E-state index in [1.165, 1.54) is 24.1 Å². The summed E-state index contributed by atoms with van der Waals surface area (Å²) >= 11 is 0. The molecule has 1 amide bonds. The van der Waals surface area contributed by atoms with E-state index in [0.29, 0.717) is 43.7 Å². The third-order valence-corrected chi connectivity index (χ3v) is 4.91. The van der Waals surface area contributed by atoms with Gasteiger partial charge in [-0.15, -0.1) is 0 Å². The van der Waals surface area contributed by atoms with Gasteiger partial charge in [0.1, 0.15) is 11.6 Å². The van der Waals surface area contributed by atoms with E-state index in [1.807, 2.05) is 0 Å². The maximum atomic E-state index is 14.1. The summed E-state index contributed by atoms with van der Waals surface area (Å²) in [4.78, 5) is 22.5. The smallest absolute Gasteiger partial charge is 0.256 e. The van der Waals surface area contributed by atoms with Crippen LogP contribution in [0.5, 0.6) is 5.75 Å². The molecule has 0 bridgehead atoms. The summed E-state index contributed by atoms with van der Waals surface area (Å²) in [6, 6.07) is 4.44. The van der Waals surface area contributed by atoms with Crippen LogP contribution >= 0.6 is 0 Å². The third kappa shape index (κ3) is 4.82. The summed E-state index contributed by atoms with van der Waals surface area (Å²) in [6.07, 6.45) is 6.60. The Balaban J connectivity index is 1.58. The molecule has 150 valence electrons. The largest absolute Gasteiger partial charge is 0.497 e. The lowest BCUT2D eigenvalue weighted by Gasteiger charge is -2.38. The van der Waals surface area contributed by atoms with Gasteiger partial charge in [0.2, 0.25) is 0 Å². The van der Waals surface area contributed by atoms with Gasteiger partial charge >= 0.3 is 0 Å². The first-order valence-electron chi connectivity index (χ1n) is 9.31. The van der Waals surface area contributed by atoms with Crippen LogP contribution in [0.3, 0.4) is 0 Å². The molecular formula is C20H25FN4O3. The number of hydrogen-bond donors (Lipinski definition) is 2. The second-order valence-electron chi connectivity index (χ2n) is 6.94. The quantitative estimate of drug-likeness (QED) is 0.663. The van der Waals surface area contributed by atoms with Gasteiger partial charge in [0.15, 0.2) is 5.60 Å². The monoisotopic (exact) mass is 388 g/mol. The fraction of sp³-hybridized carbons (Fsp3) is 0.450. The van der Waals surface area contributed by atoms with Gasteiger partial charge in [-0.25, -0.2) is 4.39 Å². The highest BCUT2D eigenvalue weighted by molar-refractivity contribution is 5.86. The van der Waals surface area contributed by atoms with E-state index >= 15 is 0 Å². The molecule has 28 heavy (non-hydrogen) atoms. The zero-order valence-corrected chi connectivity index (χ0v) is 15.9. The lowest BCUT2D eigenvalue weighted by molar-refractivity contribution is -0.157. The number of amides is 1. The molecule has 2 aromatic rings. The van der Waals surface area contributed by atoms with Crippen LogP contribution in [0.25, 0.3) is 0 Å². The molecule has 2 N–H and O–H groups in total. The van der Waals surface area contributed by atoms with E-state index in [0.717, 1.165) is 5.69 Å². The van der Waals surface area contributed by atoms with Crippen molar-refractivity contribution in [2.24, 2.45) is 0 Å². The Morgan fingerprint density at radius 2 is 2.25 bits per heavy atom. The van der Waals surface area contributed by atoms with Crippen molar-refractivity contribution in [1.82, 2.24) is 20.2 Å². The predicted octanol–water partition coefficient (Wildman–Crippen LogP) is 1.31. The summed E-state index contributed by atoms with van der Waals surface area (Å²) in [5.41, 5.74) is -0.282. The van der Waals surface area contributed by atoms with Crippen molar-refractivity contribution in [2.75, 3.05) is 26.7 Å². The molecule has 1 fully saturated rings. The number of carbonyl (C=O) groups is 1. The second kappa shape index (κ2) is 9.07. The Kier molecular flexibility index (Phi) is 6.53. The van der Waals surface area contributed by atoms with Crippen molar-refractivity contribution in [2.45, 2.75) is 31.4 Å². The molecule has 0 aliphatic carbocycles. The summed E-state index contributed by atoms with van der Waals surface area (Å²) in [6.45, 7) is 1.29. The first kappa shape index (κ1) is 20.2. The van der Waals surface area contributed by atoms with Crippen LogP contribution in [0.15, 0.2) is 36.8 Å². The van der Waals surface area contributed by atoms with Crippen LogP contribution < -0.4 is 10.1 Å². The number of nitrogens with zero attached hydrogens (tertiary/aromatic N) is 3. The number of aliphatic hydroxyl groups is 1.